The molecule has 7 nitrogen and oxygen atoms in total. The van der Waals surface area contributed by atoms with Crippen LogP contribution in [0.4, 0.5) is 0 Å². The molecule has 0 saturated heterocycles. The molecule has 3 rings (SSSR count). The number of hydrogen-bond donors (Lipinski definition) is 1. The molecule has 0 radical (unpaired) electrons. The summed E-state index contributed by atoms with van der Waals surface area (Å²) in [5.74, 6) is -0.254. The molecule has 0 spiro atoms. The number of carbonyl (C=O) groups is 1. The standard InChI is InChI=1S/C15H17N5O2/c1-15(2,3)17-12(21)8-20-14(22)19-9-16-11-7-5-4-6-10(11)13(19)18-20/h4-7,9H,8H2,1-3H3,(H,17,21). The van der Waals surface area contributed by atoms with E-state index in [4.69, 9.17) is 0 Å². The van der Waals surface area contributed by atoms with Crippen molar-refractivity contribution in [2.75, 3.05) is 0 Å². The molecule has 1 amide bonds. The molecule has 0 atom stereocenters. The summed E-state index contributed by atoms with van der Waals surface area (Å²) in [5.41, 5.74) is 0.524. The van der Waals surface area contributed by atoms with Crippen molar-refractivity contribution in [1.82, 2.24) is 24.5 Å². The van der Waals surface area contributed by atoms with Crippen molar-refractivity contribution >= 4 is 22.5 Å². The highest BCUT2D eigenvalue weighted by Gasteiger charge is 2.17. The monoisotopic (exact) mass is 299 g/mol. The first-order chi connectivity index (χ1) is 10.3. The molecule has 0 aliphatic carbocycles. The zero-order chi connectivity index (χ0) is 15.9. The summed E-state index contributed by atoms with van der Waals surface area (Å²) >= 11 is 0. The van der Waals surface area contributed by atoms with Crippen molar-refractivity contribution in [2.24, 2.45) is 0 Å². The summed E-state index contributed by atoms with van der Waals surface area (Å²) in [5, 5.41) is 7.86. The van der Waals surface area contributed by atoms with Gasteiger partial charge in [0, 0.05) is 10.9 Å². The molecule has 0 aliphatic heterocycles. The predicted octanol–water partition coefficient (Wildman–Crippen LogP) is 0.959. The minimum Gasteiger partial charge on any atom is -0.350 e. The van der Waals surface area contributed by atoms with Crippen LogP contribution in [0.25, 0.3) is 16.6 Å². The number of aromatic nitrogens is 4. The number of carbonyl (C=O) groups excluding carboxylic acids is 1. The molecule has 0 fully saturated rings. The highest BCUT2D eigenvalue weighted by Crippen LogP contribution is 2.14. The number of para-hydroxylation sites is 1. The normalized spacial score (nSPS) is 12.0. The second-order valence-electron chi connectivity index (χ2n) is 6.19. The van der Waals surface area contributed by atoms with Crippen molar-refractivity contribution in [3.05, 3.63) is 41.1 Å². The van der Waals surface area contributed by atoms with E-state index in [9.17, 15) is 9.59 Å². The van der Waals surface area contributed by atoms with Crippen LogP contribution in [0.1, 0.15) is 20.8 Å². The zero-order valence-electron chi connectivity index (χ0n) is 12.7. The van der Waals surface area contributed by atoms with Gasteiger partial charge < -0.3 is 5.32 Å². The van der Waals surface area contributed by atoms with Crippen LogP contribution in [0.15, 0.2) is 35.4 Å². The van der Waals surface area contributed by atoms with E-state index < -0.39 is 0 Å². The van der Waals surface area contributed by atoms with Crippen molar-refractivity contribution in [3.63, 3.8) is 0 Å². The lowest BCUT2D eigenvalue weighted by molar-refractivity contribution is -0.123. The Kier molecular flexibility index (Phi) is 3.20. The Morgan fingerprint density at radius 1 is 1.27 bits per heavy atom. The highest BCUT2D eigenvalue weighted by molar-refractivity contribution is 5.90. The Labute approximate surface area is 126 Å². The average molecular weight is 299 g/mol. The number of amides is 1. The van der Waals surface area contributed by atoms with Gasteiger partial charge in [-0.05, 0) is 32.9 Å². The largest absolute Gasteiger partial charge is 0.352 e. The lowest BCUT2D eigenvalue weighted by Gasteiger charge is -2.20. The van der Waals surface area contributed by atoms with E-state index in [1.165, 1.54) is 10.7 Å². The summed E-state index contributed by atoms with van der Waals surface area (Å²) in [6.07, 6.45) is 1.44. The fourth-order valence-electron chi connectivity index (χ4n) is 2.30. The van der Waals surface area contributed by atoms with Crippen LogP contribution in [0.3, 0.4) is 0 Å². The van der Waals surface area contributed by atoms with Gasteiger partial charge in [0.05, 0.1) is 5.52 Å². The van der Waals surface area contributed by atoms with Gasteiger partial charge in [-0.3, -0.25) is 4.79 Å². The highest BCUT2D eigenvalue weighted by atomic mass is 16.2. The Hall–Kier alpha value is -2.70. The molecule has 0 bridgehead atoms. The van der Waals surface area contributed by atoms with Crippen molar-refractivity contribution in [2.45, 2.75) is 32.9 Å². The first-order valence-corrected chi connectivity index (χ1v) is 6.99. The first-order valence-electron chi connectivity index (χ1n) is 6.99. The second kappa shape index (κ2) is 4.94. The molecule has 2 heterocycles. The molecule has 0 unspecified atom stereocenters. The SMILES string of the molecule is CC(C)(C)NC(=O)Cn1nc2c3ccccc3ncn2c1=O. The van der Waals surface area contributed by atoms with Gasteiger partial charge >= 0.3 is 5.69 Å². The molecule has 3 aromatic rings. The molecule has 0 saturated carbocycles. The lowest BCUT2D eigenvalue weighted by atomic mass is 10.1. The maximum atomic E-state index is 12.3. The minimum absolute atomic E-state index is 0.119. The van der Waals surface area contributed by atoms with Crippen molar-refractivity contribution < 1.29 is 4.79 Å². The number of fused-ring (bicyclic) bond motifs is 3. The fourth-order valence-corrected chi connectivity index (χ4v) is 2.30. The number of nitrogens with zero attached hydrogens (tertiary/aromatic N) is 4. The quantitative estimate of drug-likeness (QED) is 0.764. The topological polar surface area (TPSA) is 81.3 Å². The van der Waals surface area contributed by atoms with Crippen molar-refractivity contribution in [1.29, 1.82) is 0 Å². The summed E-state index contributed by atoms with van der Waals surface area (Å²) in [4.78, 5) is 28.5. The van der Waals surface area contributed by atoms with Crippen LogP contribution in [0.2, 0.25) is 0 Å². The molecule has 0 aliphatic rings. The molecule has 2 aromatic heterocycles. The number of rotatable bonds is 2. The van der Waals surface area contributed by atoms with Crippen LogP contribution in [-0.4, -0.2) is 30.6 Å². The lowest BCUT2D eigenvalue weighted by Crippen LogP contribution is -2.43. The third-order valence-corrected chi connectivity index (χ3v) is 3.14. The molecular formula is C15H17N5O2. The predicted molar refractivity (Wildman–Crippen MR) is 82.6 cm³/mol. The Balaban J connectivity index is 2.05. The average Bonchev–Trinajstić information content (AvgIpc) is 2.74. The van der Waals surface area contributed by atoms with E-state index in [0.29, 0.717) is 5.65 Å². The maximum absolute atomic E-state index is 12.3. The second-order valence-corrected chi connectivity index (χ2v) is 6.19. The van der Waals surface area contributed by atoms with Gasteiger partial charge in [0.25, 0.3) is 0 Å². The molecule has 7 heteroatoms. The molecule has 1 aromatic carbocycles. The van der Waals surface area contributed by atoms with Gasteiger partial charge in [-0.2, -0.15) is 0 Å². The van der Waals surface area contributed by atoms with Gasteiger partial charge in [-0.25, -0.2) is 18.9 Å². The Morgan fingerprint density at radius 3 is 2.73 bits per heavy atom. The van der Waals surface area contributed by atoms with Gasteiger partial charge in [0.15, 0.2) is 5.65 Å². The van der Waals surface area contributed by atoms with E-state index in [2.05, 4.69) is 15.4 Å². The molecule has 114 valence electrons. The summed E-state index contributed by atoms with van der Waals surface area (Å²) in [7, 11) is 0. The van der Waals surface area contributed by atoms with Crippen LogP contribution in [0, 0.1) is 0 Å². The van der Waals surface area contributed by atoms with E-state index in [1.807, 2.05) is 45.0 Å². The van der Waals surface area contributed by atoms with E-state index >= 15 is 0 Å². The number of nitrogens with one attached hydrogen (secondary N) is 1. The Bertz CT molecular complexity index is 917. The number of hydrogen-bond acceptors (Lipinski definition) is 4. The first kappa shape index (κ1) is 14.2. The third-order valence-electron chi connectivity index (χ3n) is 3.14. The van der Waals surface area contributed by atoms with Crippen LogP contribution in [-0.2, 0) is 11.3 Å². The van der Waals surface area contributed by atoms with Gasteiger partial charge in [-0.1, -0.05) is 12.1 Å². The van der Waals surface area contributed by atoms with Gasteiger partial charge in [0.2, 0.25) is 5.91 Å². The van der Waals surface area contributed by atoms with Gasteiger partial charge in [0.1, 0.15) is 12.9 Å². The van der Waals surface area contributed by atoms with Crippen molar-refractivity contribution in [3.8, 4) is 0 Å². The molecule has 22 heavy (non-hydrogen) atoms. The van der Waals surface area contributed by atoms with Crippen LogP contribution < -0.4 is 11.0 Å². The summed E-state index contributed by atoms with van der Waals surface area (Å²) in [6, 6.07) is 7.44. The maximum Gasteiger partial charge on any atom is 0.352 e. The van der Waals surface area contributed by atoms with E-state index in [-0.39, 0.29) is 23.7 Å². The Morgan fingerprint density at radius 2 is 2.00 bits per heavy atom. The zero-order valence-corrected chi connectivity index (χ0v) is 12.7. The smallest absolute Gasteiger partial charge is 0.350 e. The van der Waals surface area contributed by atoms with E-state index in [0.717, 1.165) is 15.6 Å². The number of benzene rings is 1. The fraction of sp³-hybridized carbons (Fsp3) is 0.333. The summed E-state index contributed by atoms with van der Waals surface area (Å²) in [6.45, 7) is 5.53. The third kappa shape index (κ3) is 2.57. The molecular weight excluding hydrogens is 282 g/mol. The minimum atomic E-state index is -0.377. The van der Waals surface area contributed by atoms with E-state index in [1.54, 1.807) is 0 Å². The van der Waals surface area contributed by atoms with Gasteiger partial charge in [-0.15, -0.1) is 5.10 Å². The van der Waals surface area contributed by atoms with Crippen LogP contribution in [0.5, 0.6) is 0 Å². The molecule has 1 N–H and O–H groups in total. The van der Waals surface area contributed by atoms with Crippen LogP contribution >= 0.6 is 0 Å². The summed E-state index contributed by atoms with van der Waals surface area (Å²) < 4.78 is 2.51.